The van der Waals surface area contributed by atoms with E-state index in [1.807, 2.05) is 0 Å². The molecule has 1 aliphatic rings. The molecule has 1 saturated heterocycles. The zero-order chi connectivity index (χ0) is 11.7. The lowest BCUT2D eigenvalue weighted by Crippen LogP contribution is -2.24. The summed E-state index contributed by atoms with van der Waals surface area (Å²) in [6, 6.07) is 4.97. The van der Waals surface area contributed by atoms with Crippen molar-refractivity contribution in [2.75, 3.05) is 18.6 Å². The van der Waals surface area contributed by atoms with Crippen molar-refractivity contribution in [1.29, 1.82) is 0 Å². The Morgan fingerprint density at radius 3 is 2.62 bits per heavy atom. The number of benzene rings is 1. The van der Waals surface area contributed by atoms with Crippen LogP contribution in [0.25, 0.3) is 0 Å². The molecule has 1 fully saturated rings. The van der Waals surface area contributed by atoms with Gasteiger partial charge in [0.2, 0.25) is 5.91 Å². The van der Waals surface area contributed by atoms with Crippen molar-refractivity contribution in [2.24, 2.45) is 0 Å². The number of Topliss-reactive ketones (excluding diaryl/α,β-unsaturated/α-hetero) is 1. The average Bonchev–Trinajstić information content (AvgIpc) is 2.57. The minimum Gasteiger partial charge on any atom is -0.497 e. The van der Waals surface area contributed by atoms with Crippen LogP contribution in [0, 0.1) is 0 Å². The SMILES string of the molecule is COc1cc(Cl)cc(N2CC(=O)CC2=O)c1. The van der Waals surface area contributed by atoms with Gasteiger partial charge >= 0.3 is 0 Å². The molecule has 1 aliphatic heterocycles. The van der Waals surface area contributed by atoms with Crippen LogP contribution in [0.1, 0.15) is 6.42 Å². The molecule has 0 aromatic heterocycles. The predicted octanol–water partition coefficient (Wildman–Crippen LogP) is 1.65. The number of hydrogen-bond acceptors (Lipinski definition) is 3. The molecule has 84 valence electrons. The Bertz CT molecular complexity index is 459. The minimum absolute atomic E-state index is 0.0329. The summed E-state index contributed by atoms with van der Waals surface area (Å²) in [7, 11) is 1.52. The molecule has 1 amide bonds. The third kappa shape index (κ3) is 2.02. The van der Waals surface area contributed by atoms with E-state index in [9.17, 15) is 9.59 Å². The third-order valence-corrected chi connectivity index (χ3v) is 2.61. The molecular formula is C11H10ClNO3. The van der Waals surface area contributed by atoms with Crippen LogP contribution in [0.2, 0.25) is 5.02 Å². The predicted molar refractivity (Wildman–Crippen MR) is 60.0 cm³/mol. The second-order valence-electron chi connectivity index (χ2n) is 3.54. The zero-order valence-corrected chi connectivity index (χ0v) is 9.45. The fourth-order valence-corrected chi connectivity index (χ4v) is 1.86. The van der Waals surface area contributed by atoms with E-state index >= 15 is 0 Å². The van der Waals surface area contributed by atoms with Gasteiger partial charge in [-0.05, 0) is 12.1 Å². The van der Waals surface area contributed by atoms with Gasteiger partial charge in [-0.25, -0.2) is 0 Å². The van der Waals surface area contributed by atoms with E-state index in [4.69, 9.17) is 16.3 Å². The van der Waals surface area contributed by atoms with E-state index in [1.54, 1.807) is 18.2 Å². The summed E-state index contributed by atoms with van der Waals surface area (Å²) < 4.78 is 5.05. The van der Waals surface area contributed by atoms with Crippen molar-refractivity contribution in [1.82, 2.24) is 0 Å². The van der Waals surface area contributed by atoms with Crippen molar-refractivity contribution in [3.63, 3.8) is 0 Å². The molecule has 4 nitrogen and oxygen atoms in total. The normalized spacial score (nSPS) is 15.8. The molecule has 16 heavy (non-hydrogen) atoms. The van der Waals surface area contributed by atoms with E-state index < -0.39 is 0 Å². The van der Waals surface area contributed by atoms with E-state index in [0.29, 0.717) is 16.5 Å². The first-order valence-corrected chi connectivity index (χ1v) is 5.14. The largest absolute Gasteiger partial charge is 0.497 e. The monoisotopic (exact) mass is 239 g/mol. The number of carbonyl (C=O) groups is 2. The Balaban J connectivity index is 2.36. The van der Waals surface area contributed by atoms with Gasteiger partial charge in [-0.3, -0.25) is 9.59 Å². The highest BCUT2D eigenvalue weighted by molar-refractivity contribution is 6.31. The zero-order valence-electron chi connectivity index (χ0n) is 8.70. The average molecular weight is 240 g/mol. The van der Waals surface area contributed by atoms with Gasteiger partial charge in [0.1, 0.15) is 5.75 Å². The molecule has 0 N–H and O–H groups in total. The van der Waals surface area contributed by atoms with Gasteiger partial charge in [-0.2, -0.15) is 0 Å². The van der Waals surface area contributed by atoms with E-state index in [1.165, 1.54) is 12.0 Å². The lowest BCUT2D eigenvalue weighted by molar-refractivity contribution is -0.121. The second-order valence-corrected chi connectivity index (χ2v) is 3.98. The van der Waals surface area contributed by atoms with Crippen LogP contribution >= 0.6 is 11.6 Å². The van der Waals surface area contributed by atoms with Crippen LogP contribution in [0.5, 0.6) is 5.75 Å². The van der Waals surface area contributed by atoms with Crippen LogP contribution in [-0.4, -0.2) is 25.3 Å². The van der Waals surface area contributed by atoms with Crippen LogP contribution in [0.4, 0.5) is 5.69 Å². The summed E-state index contributed by atoms with van der Waals surface area (Å²) in [6.07, 6.45) is -0.0329. The van der Waals surface area contributed by atoms with Crippen molar-refractivity contribution in [3.05, 3.63) is 23.2 Å². The first-order valence-electron chi connectivity index (χ1n) is 4.77. The molecule has 0 bridgehead atoms. The smallest absolute Gasteiger partial charge is 0.234 e. The number of methoxy groups -OCH3 is 1. The number of hydrogen-bond donors (Lipinski definition) is 0. The van der Waals surface area contributed by atoms with Gasteiger partial charge in [0.15, 0.2) is 5.78 Å². The van der Waals surface area contributed by atoms with E-state index in [-0.39, 0.29) is 24.7 Å². The van der Waals surface area contributed by atoms with Gasteiger partial charge in [0.25, 0.3) is 0 Å². The maximum Gasteiger partial charge on any atom is 0.234 e. The van der Waals surface area contributed by atoms with Crippen LogP contribution in [-0.2, 0) is 9.59 Å². The van der Waals surface area contributed by atoms with Crippen molar-refractivity contribution < 1.29 is 14.3 Å². The van der Waals surface area contributed by atoms with E-state index in [2.05, 4.69) is 0 Å². The van der Waals surface area contributed by atoms with Crippen molar-refractivity contribution in [2.45, 2.75) is 6.42 Å². The molecule has 1 heterocycles. The summed E-state index contributed by atoms with van der Waals surface area (Å²) in [4.78, 5) is 24.1. The molecule has 2 rings (SSSR count). The number of nitrogens with zero attached hydrogens (tertiary/aromatic N) is 1. The highest BCUT2D eigenvalue weighted by Gasteiger charge is 2.28. The quantitative estimate of drug-likeness (QED) is 0.738. The molecule has 1 aromatic carbocycles. The van der Waals surface area contributed by atoms with Gasteiger partial charge < -0.3 is 9.64 Å². The van der Waals surface area contributed by atoms with Crippen molar-refractivity contribution in [3.8, 4) is 5.75 Å². The molecule has 0 atom stereocenters. The Morgan fingerprint density at radius 1 is 1.31 bits per heavy atom. The van der Waals surface area contributed by atoms with Crippen LogP contribution in [0.15, 0.2) is 18.2 Å². The topological polar surface area (TPSA) is 46.6 Å². The fourth-order valence-electron chi connectivity index (χ4n) is 1.64. The van der Waals surface area contributed by atoms with E-state index in [0.717, 1.165) is 0 Å². The minimum atomic E-state index is -0.200. The van der Waals surface area contributed by atoms with Gasteiger partial charge in [-0.1, -0.05) is 11.6 Å². The Kier molecular flexibility index (Phi) is 2.83. The maximum atomic E-state index is 11.5. The molecule has 0 unspecified atom stereocenters. The summed E-state index contributed by atoms with van der Waals surface area (Å²) in [5, 5.41) is 0.474. The highest BCUT2D eigenvalue weighted by atomic mass is 35.5. The highest BCUT2D eigenvalue weighted by Crippen LogP contribution is 2.28. The summed E-state index contributed by atoms with van der Waals surface area (Å²) in [6.45, 7) is 0.113. The molecule has 5 heteroatoms. The lowest BCUT2D eigenvalue weighted by Gasteiger charge is -2.15. The van der Waals surface area contributed by atoms with Crippen molar-refractivity contribution >= 4 is 29.0 Å². The molecule has 0 spiro atoms. The Morgan fingerprint density at radius 2 is 2.06 bits per heavy atom. The second kappa shape index (κ2) is 4.14. The lowest BCUT2D eigenvalue weighted by atomic mass is 10.3. The molecule has 0 aliphatic carbocycles. The first kappa shape index (κ1) is 11.0. The number of anilines is 1. The molecule has 1 aromatic rings. The number of rotatable bonds is 2. The number of ether oxygens (including phenoxy) is 1. The van der Waals surface area contributed by atoms with Gasteiger partial charge in [0.05, 0.1) is 20.1 Å². The number of amides is 1. The van der Waals surface area contributed by atoms with Crippen LogP contribution in [0.3, 0.4) is 0 Å². The van der Waals surface area contributed by atoms with Gasteiger partial charge in [-0.15, -0.1) is 0 Å². The first-order chi connectivity index (χ1) is 7.60. The Labute approximate surface area is 97.7 Å². The maximum absolute atomic E-state index is 11.5. The van der Waals surface area contributed by atoms with Gasteiger partial charge in [0, 0.05) is 16.8 Å². The molecular weight excluding hydrogens is 230 g/mol. The number of ketones is 1. The number of carbonyl (C=O) groups excluding carboxylic acids is 2. The fraction of sp³-hybridized carbons (Fsp3) is 0.273. The van der Waals surface area contributed by atoms with Crippen LogP contribution < -0.4 is 9.64 Å². The summed E-state index contributed by atoms with van der Waals surface area (Å²) in [5.41, 5.74) is 0.597. The third-order valence-electron chi connectivity index (χ3n) is 2.39. The summed E-state index contributed by atoms with van der Waals surface area (Å²) in [5.74, 6) is 0.285. The molecule has 0 saturated carbocycles. The summed E-state index contributed by atoms with van der Waals surface area (Å²) >= 11 is 5.89. The number of halogens is 1. The molecule has 0 radical (unpaired) electrons. The standard InChI is InChI=1S/C11H10ClNO3/c1-16-10-3-7(12)2-8(4-10)13-6-9(14)5-11(13)15/h2-4H,5-6H2,1H3. The Hall–Kier alpha value is -1.55.